The van der Waals surface area contributed by atoms with Gasteiger partial charge in [0.1, 0.15) is 0 Å². The molecule has 2 heterocycles. The van der Waals surface area contributed by atoms with Crippen molar-refractivity contribution in [3.8, 4) is 0 Å². The van der Waals surface area contributed by atoms with E-state index in [-0.39, 0.29) is 5.91 Å². The number of carbonyl (C=O) groups is 1. The van der Waals surface area contributed by atoms with Crippen LogP contribution in [0, 0.1) is 12.8 Å². The Labute approximate surface area is 150 Å². The number of carbonyl (C=O) groups excluding carboxylic acids is 1. The van der Waals surface area contributed by atoms with Crippen LogP contribution in [-0.4, -0.2) is 40.1 Å². The molecule has 1 atom stereocenters. The molecule has 1 amide bonds. The zero-order valence-corrected chi connectivity index (χ0v) is 15.6. The Morgan fingerprint density at radius 3 is 2.84 bits per heavy atom. The quantitative estimate of drug-likeness (QED) is 0.910. The van der Waals surface area contributed by atoms with Crippen molar-refractivity contribution in [2.24, 2.45) is 5.92 Å². The molecule has 5 nitrogen and oxygen atoms in total. The lowest BCUT2D eigenvalue weighted by Gasteiger charge is -2.39. The first kappa shape index (κ1) is 17.7. The number of piperazine rings is 1. The van der Waals surface area contributed by atoms with Gasteiger partial charge in [0.05, 0.1) is 12.2 Å². The van der Waals surface area contributed by atoms with Crippen LogP contribution in [0.15, 0.2) is 30.3 Å². The van der Waals surface area contributed by atoms with Gasteiger partial charge in [-0.15, -0.1) is 0 Å². The molecule has 1 aliphatic rings. The normalized spacial score (nSPS) is 19.0. The number of aromatic amines is 1. The van der Waals surface area contributed by atoms with Crippen LogP contribution in [0.5, 0.6) is 0 Å². The van der Waals surface area contributed by atoms with Crippen LogP contribution in [0.4, 0.5) is 5.69 Å². The number of aromatic nitrogens is 2. The fourth-order valence-corrected chi connectivity index (χ4v) is 3.39. The van der Waals surface area contributed by atoms with E-state index >= 15 is 0 Å². The molecule has 1 aliphatic heterocycles. The maximum absolute atomic E-state index is 12.7. The molecule has 1 N–H and O–H groups in total. The maximum Gasteiger partial charge on any atom is 0.241 e. The first-order valence-corrected chi connectivity index (χ1v) is 9.06. The summed E-state index contributed by atoms with van der Waals surface area (Å²) in [5.41, 5.74) is 4.36. The number of H-pyrrole nitrogens is 1. The Kier molecular flexibility index (Phi) is 5.23. The van der Waals surface area contributed by atoms with E-state index in [0.717, 1.165) is 36.6 Å². The molecule has 25 heavy (non-hydrogen) atoms. The highest BCUT2D eigenvalue weighted by Gasteiger charge is 2.30. The first-order chi connectivity index (χ1) is 11.9. The summed E-state index contributed by atoms with van der Waals surface area (Å²) >= 11 is 0. The molecule has 5 heteroatoms. The first-order valence-electron chi connectivity index (χ1n) is 9.06. The molecule has 0 unspecified atom stereocenters. The van der Waals surface area contributed by atoms with E-state index in [1.165, 1.54) is 5.56 Å². The SMILES string of the molecule is Cc1cccc(N2C[C@@H](C)N(Cc3cc(CC(C)C)n[nH]3)CC2=O)c1. The lowest BCUT2D eigenvalue weighted by atomic mass is 10.1. The monoisotopic (exact) mass is 340 g/mol. The minimum Gasteiger partial charge on any atom is -0.310 e. The summed E-state index contributed by atoms with van der Waals surface area (Å²) in [5, 5.41) is 7.52. The minimum atomic E-state index is 0.158. The highest BCUT2D eigenvalue weighted by atomic mass is 16.2. The molecular formula is C20H28N4O. The molecule has 3 rings (SSSR count). The minimum absolute atomic E-state index is 0.158. The van der Waals surface area contributed by atoms with Gasteiger partial charge in [0.15, 0.2) is 0 Å². The average Bonchev–Trinajstić information content (AvgIpc) is 2.97. The smallest absolute Gasteiger partial charge is 0.241 e. The number of amides is 1. The largest absolute Gasteiger partial charge is 0.310 e. The Bertz CT molecular complexity index is 737. The summed E-state index contributed by atoms with van der Waals surface area (Å²) in [6.45, 7) is 10.5. The van der Waals surface area contributed by atoms with Crippen LogP contribution >= 0.6 is 0 Å². The van der Waals surface area contributed by atoms with Crippen molar-refractivity contribution in [2.45, 2.75) is 46.7 Å². The van der Waals surface area contributed by atoms with Crippen LogP contribution in [0.2, 0.25) is 0 Å². The Morgan fingerprint density at radius 1 is 1.32 bits per heavy atom. The molecule has 1 aromatic heterocycles. The van der Waals surface area contributed by atoms with Crippen molar-refractivity contribution in [3.05, 3.63) is 47.3 Å². The molecule has 0 aliphatic carbocycles. The molecule has 0 radical (unpaired) electrons. The van der Waals surface area contributed by atoms with Gasteiger partial charge < -0.3 is 4.90 Å². The number of nitrogens with zero attached hydrogens (tertiary/aromatic N) is 3. The summed E-state index contributed by atoms with van der Waals surface area (Å²) in [7, 11) is 0. The third-order valence-corrected chi connectivity index (χ3v) is 4.70. The Balaban J connectivity index is 1.66. The van der Waals surface area contributed by atoms with Gasteiger partial charge in [-0.1, -0.05) is 26.0 Å². The molecule has 0 bridgehead atoms. The number of aryl methyl sites for hydroxylation is 1. The highest BCUT2D eigenvalue weighted by molar-refractivity contribution is 5.95. The van der Waals surface area contributed by atoms with Crippen LogP contribution < -0.4 is 4.90 Å². The zero-order chi connectivity index (χ0) is 18.0. The van der Waals surface area contributed by atoms with Crippen LogP contribution in [-0.2, 0) is 17.8 Å². The number of benzene rings is 1. The predicted molar refractivity (Wildman–Crippen MR) is 101 cm³/mol. The molecular weight excluding hydrogens is 312 g/mol. The van der Waals surface area contributed by atoms with Crippen molar-refractivity contribution < 1.29 is 4.79 Å². The van der Waals surface area contributed by atoms with E-state index in [1.807, 2.05) is 17.0 Å². The Morgan fingerprint density at radius 2 is 2.12 bits per heavy atom. The third-order valence-electron chi connectivity index (χ3n) is 4.70. The lowest BCUT2D eigenvalue weighted by molar-refractivity contribution is -0.122. The van der Waals surface area contributed by atoms with E-state index in [9.17, 15) is 4.79 Å². The second-order valence-corrected chi connectivity index (χ2v) is 7.58. The van der Waals surface area contributed by atoms with Crippen molar-refractivity contribution >= 4 is 11.6 Å². The van der Waals surface area contributed by atoms with Gasteiger partial charge >= 0.3 is 0 Å². The van der Waals surface area contributed by atoms with Gasteiger partial charge in [-0.25, -0.2) is 0 Å². The van der Waals surface area contributed by atoms with Gasteiger partial charge in [-0.2, -0.15) is 5.10 Å². The summed E-state index contributed by atoms with van der Waals surface area (Å²) in [6.07, 6.45) is 0.978. The summed E-state index contributed by atoms with van der Waals surface area (Å²) in [5.74, 6) is 0.750. The number of rotatable bonds is 5. The van der Waals surface area contributed by atoms with E-state index in [4.69, 9.17) is 0 Å². The highest BCUT2D eigenvalue weighted by Crippen LogP contribution is 2.22. The maximum atomic E-state index is 12.7. The van der Waals surface area contributed by atoms with E-state index in [1.54, 1.807) is 0 Å². The van der Waals surface area contributed by atoms with Gasteiger partial charge in [-0.05, 0) is 49.9 Å². The lowest BCUT2D eigenvalue weighted by Crippen LogP contribution is -2.54. The van der Waals surface area contributed by atoms with Gasteiger partial charge in [0.25, 0.3) is 0 Å². The summed E-state index contributed by atoms with van der Waals surface area (Å²) < 4.78 is 0. The van der Waals surface area contributed by atoms with Crippen molar-refractivity contribution in [2.75, 3.05) is 18.0 Å². The number of anilines is 1. The number of hydrogen-bond acceptors (Lipinski definition) is 3. The molecule has 1 fully saturated rings. The second kappa shape index (κ2) is 7.40. The zero-order valence-electron chi connectivity index (χ0n) is 15.6. The molecule has 0 spiro atoms. The molecule has 134 valence electrons. The predicted octanol–water partition coefficient (Wildman–Crippen LogP) is 3.15. The standard InChI is InChI=1S/C20H28N4O/c1-14(2)8-17-10-18(22-21-17)12-23-13-20(25)24(11-16(23)4)19-7-5-6-15(3)9-19/h5-7,9-10,14,16H,8,11-13H2,1-4H3,(H,21,22)/t16-/m1/s1. The Hall–Kier alpha value is -2.14. The molecule has 1 aromatic carbocycles. The molecule has 0 saturated carbocycles. The second-order valence-electron chi connectivity index (χ2n) is 7.58. The fraction of sp³-hybridized carbons (Fsp3) is 0.500. The van der Waals surface area contributed by atoms with Crippen LogP contribution in [0.25, 0.3) is 0 Å². The van der Waals surface area contributed by atoms with Crippen molar-refractivity contribution in [1.82, 2.24) is 15.1 Å². The van der Waals surface area contributed by atoms with Crippen LogP contribution in [0.3, 0.4) is 0 Å². The number of hydrogen-bond donors (Lipinski definition) is 1. The van der Waals surface area contributed by atoms with E-state index < -0.39 is 0 Å². The van der Waals surface area contributed by atoms with Crippen molar-refractivity contribution in [1.29, 1.82) is 0 Å². The van der Waals surface area contributed by atoms with Gasteiger partial charge in [0, 0.05) is 30.5 Å². The summed E-state index contributed by atoms with van der Waals surface area (Å²) in [4.78, 5) is 16.8. The third kappa shape index (κ3) is 4.28. The summed E-state index contributed by atoms with van der Waals surface area (Å²) in [6, 6.07) is 10.6. The molecule has 2 aromatic rings. The van der Waals surface area contributed by atoms with Crippen molar-refractivity contribution in [3.63, 3.8) is 0 Å². The molecule has 1 saturated heterocycles. The van der Waals surface area contributed by atoms with E-state index in [2.05, 4.69) is 61.0 Å². The fourth-order valence-electron chi connectivity index (χ4n) is 3.39. The average molecular weight is 340 g/mol. The number of nitrogens with one attached hydrogen (secondary N) is 1. The van der Waals surface area contributed by atoms with Crippen LogP contribution in [0.1, 0.15) is 37.7 Å². The van der Waals surface area contributed by atoms with Gasteiger partial charge in [0.2, 0.25) is 5.91 Å². The van der Waals surface area contributed by atoms with E-state index in [0.29, 0.717) is 18.5 Å². The van der Waals surface area contributed by atoms with Gasteiger partial charge in [-0.3, -0.25) is 14.8 Å². The topological polar surface area (TPSA) is 52.2 Å².